The maximum absolute atomic E-state index is 13.6. The van der Waals surface area contributed by atoms with Crippen LogP contribution < -0.4 is 10.3 Å². The molecule has 5 heteroatoms. The molecule has 0 aliphatic rings. The molecule has 1 amide bonds. The summed E-state index contributed by atoms with van der Waals surface area (Å²) in [6.07, 6.45) is 0. The molecule has 1 N–H and O–H groups in total. The van der Waals surface area contributed by atoms with Gasteiger partial charge in [-0.3, -0.25) is 9.59 Å². The number of hydrogen-bond acceptors (Lipinski definition) is 3. The van der Waals surface area contributed by atoms with Crippen molar-refractivity contribution >= 4 is 16.8 Å². The fraction of sp³-hybridized carbons (Fsp3) is 0.267. The standard InChI is InChI=1S/C30H32N2O3/c1-20-6-8-21(9-7-20)18-32(29(34)22-10-13-25(14-11-22)30(2,3)4)19-24-16-23-12-15-26(35-5)17-27(23)31-28(24)33/h6-17H,18-19H2,1-5H3,(H,31,33). The monoisotopic (exact) mass is 468 g/mol. The number of nitrogens with one attached hydrogen (secondary N) is 1. The minimum Gasteiger partial charge on any atom is -0.497 e. The molecule has 0 spiro atoms. The number of nitrogens with zero attached hydrogens (tertiary/aromatic N) is 1. The number of aryl methyl sites for hydroxylation is 1. The smallest absolute Gasteiger partial charge is 0.254 e. The summed E-state index contributed by atoms with van der Waals surface area (Å²) < 4.78 is 5.27. The largest absolute Gasteiger partial charge is 0.497 e. The molecule has 35 heavy (non-hydrogen) atoms. The van der Waals surface area contributed by atoms with E-state index in [0.717, 1.165) is 16.5 Å². The number of methoxy groups -OCH3 is 1. The van der Waals surface area contributed by atoms with Gasteiger partial charge in [-0.05, 0) is 59.2 Å². The lowest BCUT2D eigenvalue weighted by atomic mass is 9.86. The van der Waals surface area contributed by atoms with E-state index in [1.54, 1.807) is 18.1 Å². The molecule has 5 nitrogen and oxygen atoms in total. The van der Waals surface area contributed by atoms with Gasteiger partial charge in [0.2, 0.25) is 0 Å². The minimum absolute atomic E-state index is 0.00420. The second kappa shape index (κ2) is 9.79. The van der Waals surface area contributed by atoms with Crippen molar-refractivity contribution in [2.45, 2.75) is 46.2 Å². The Bertz CT molecular complexity index is 1400. The number of benzene rings is 3. The summed E-state index contributed by atoms with van der Waals surface area (Å²) in [7, 11) is 1.59. The Balaban J connectivity index is 1.69. The molecule has 1 aromatic heterocycles. The Morgan fingerprint density at radius 3 is 2.23 bits per heavy atom. The van der Waals surface area contributed by atoms with Crippen molar-refractivity contribution in [2.24, 2.45) is 0 Å². The Hall–Kier alpha value is -3.86. The first-order chi connectivity index (χ1) is 16.6. The van der Waals surface area contributed by atoms with Crippen molar-refractivity contribution in [2.75, 3.05) is 7.11 Å². The highest BCUT2D eigenvalue weighted by atomic mass is 16.5. The van der Waals surface area contributed by atoms with E-state index < -0.39 is 0 Å². The van der Waals surface area contributed by atoms with Gasteiger partial charge in [-0.25, -0.2) is 0 Å². The average molecular weight is 469 g/mol. The zero-order chi connectivity index (χ0) is 25.2. The number of carbonyl (C=O) groups is 1. The lowest BCUT2D eigenvalue weighted by Gasteiger charge is -2.24. The van der Waals surface area contributed by atoms with Gasteiger partial charge in [-0.2, -0.15) is 0 Å². The van der Waals surface area contributed by atoms with E-state index in [0.29, 0.717) is 28.9 Å². The van der Waals surface area contributed by atoms with Gasteiger partial charge >= 0.3 is 0 Å². The minimum atomic E-state index is -0.212. The van der Waals surface area contributed by atoms with Crippen LogP contribution in [0.15, 0.2) is 77.6 Å². The van der Waals surface area contributed by atoms with E-state index in [9.17, 15) is 9.59 Å². The zero-order valence-electron chi connectivity index (χ0n) is 21.0. The molecular weight excluding hydrogens is 436 g/mol. The Labute approximate surface area is 206 Å². The summed E-state index contributed by atoms with van der Waals surface area (Å²) >= 11 is 0. The van der Waals surface area contributed by atoms with E-state index >= 15 is 0 Å². The summed E-state index contributed by atoms with van der Waals surface area (Å²) in [5, 5.41) is 0.887. The first kappa shape index (κ1) is 24.3. The molecule has 3 aromatic carbocycles. The van der Waals surface area contributed by atoms with Crippen LogP contribution in [-0.4, -0.2) is 22.9 Å². The molecule has 0 radical (unpaired) electrons. The number of aromatic nitrogens is 1. The van der Waals surface area contributed by atoms with Crippen molar-refractivity contribution in [1.29, 1.82) is 0 Å². The summed E-state index contributed by atoms with van der Waals surface area (Å²) in [5.41, 5.74) is 4.97. The fourth-order valence-corrected chi connectivity index (χ4v) is 4.08. The van der Waals surface area contributed by atoms with Crippen LogP contribution in [0.3, 0.4) is 0 Å². The van der Waals surface area contributed by atoms with Crippen LogP contribution in [0, 0.1) is 6.92 Å². The molecule has 0 bridgehead atoms. The number of aromatic amines is 1. The number of carbonyl (C=O) groups excluding carboxylic acids is 1. The van der Waals surface area contributed by atoms with Gasteiger partial charge in [-0.1, -0.05) is 62.7 Å². The van der Waals surface area contributed by atoms with E-state index in [2.05, 4.69) is 25.8 Å². The zero-order valence-corrected chi connectivity index (χ0v) is 21.0. The molecule has 0 aliphatic carbocycles. The molecule has 0 unspecified atom stereocenters. The van der Waals surface area contributed by atoms with E-state index in [1.165, 1.54) is 5.56 Å². The Morgan fingerprint density at radius 2 is 1.60 bits per heavy atom. The van der Waals surface area contributed by atoms with Crippen LogP contribution in [0.5, 0.6) is 5.75 Å². The van der Waals surface area contributed by atoms with Crippen molar-refractivity contribution in [3.63, 3.8) is 0 Å². The third-order valence-corrected chi connectivity index (χ3v) is 6.27. The number of fused-ring (bicyclic) bond motifs is 1. The lowest BCUT2D eigenvalue weighted by molar-refractivity contribution is 0.0729. The second-order valence-electron chi connectivity index (χ2n) is 10.1. The number of rotatable bonds is 6. The topological polar surface area (TPSA) is 62.4 Å². The summed E-state index contributed by atoms with van der Waals surface area (Å²) in [6, 6.07) is 23.3. The second-order valence-corrected chi connectivity index (χ2v) is 10.1. The molecule has 0 fully saturated rings. The normalized spacial score (nSPS) is 11.5. The first-order valence-electron chi connectivity index (χ1n) is 11.8. The highest BCUT2D eigenvalue weighted by molar-refractivity contribution is 5.94. The summed E-state index contributed by atoms with van der Waals surface area (Å²) in [6.45, 7) is 9.08. The van der Waals surface area contributed by atoms with E-state index in [4.69, 9.17) is 4.74 Å². The van der Waals surface area contributed by atoms with E-state index in [1.807, 2.05) is 73.7 Å². The number of pyridine rings is 1. The predicted molar refractivity (Wildman–Crippen MR) is 141 cm³/mol. The van der Waals surface area contributed by atoms with E-state index in [-0.39, 0.29) is 23.4 Å². The maximum atomic E-state index is 13.6. The van der Waals surface area contributed by atoms with Crippen LogP contribution in [0.4, 0.5) is 0 Å². The molecule has 1 heterocycles. The molecule has 0 saturated carbocycles. The average Bonchev–Trinajstić information content (AvgIpc) is 2.84. The quantitative estimate of drug-likeness (QED) is 0.378. The van der Waals surface area contributed by atoms with Crippen LogP contribution in [0.2, 0.25) is 0 Å². The van der Waals surface area contributed by atoms with Gasteiger partial charge in [-0.15, -0.1) is 0 Å². The number of ether oxygens (including phenoxy) is 1. The predicted octanol–water partition coefficient (Wildman–Crippen LogP) is 5.99. The molecule has 0 atom stereocenters. The maximum Gasteiger partial charge on any atom is 0.254 e. The van der Waals surface area contributed by atoms with Gasteiger partial charge < -0.3 is 14.6 Å². The summed E-state index contributed by atoms with van der Waals surface area (Å²) in [4.78, 5) is 31.3. The van der Waals surface area contributed by atoms with Crippen molar-refractivity contribution in [1.82, 2.24) is 9.88 Å². The van der Waals surface area contributed by atoms with Crippen molar-refractivity contribution < 1.29 is 9.53 Å². The molecule has 0 aliphatic heterocycles. The summed E-state index contributed by atoms with van der Waals surface area (Å²) in [5.74, 6) is 0.566. The van der Waals surface area contributed by atoms with Crippen LogP contribution in [0.25, 0.3) is 10.9 Å². The number of H-pyrrole nitrogens is 1. The SMILES string of the molecule is COc1ccc2cc(CN(Cc3ccc(C)cc3)C(=O)c3ccc(C(C)(C)C)cc3)c(=O)[nH]c2c1. The van der Waals surface area contributed by atoms with Gasteiger partial charge in [0.25, 0.3) is 11.5 Å². The fourth-order valence-electron chi connectivity index (χ4n) is 4.08. The molecule has 180 valence electrons. The first-order valence-corrected chi connectivity index (χ1v) is 11.8. The highest BCUT2D eigenvalue weighted by Gasteiger charge is 2.20. The van der Waals surface area contributed by atoms with Crippen molar-refractivity contribution in [3.05, 3.63) is 111 Å². The lowest BCUT2D eigenvalue weighted by Crippen LogP contribution is -2.32. The molecule has 4 aromatic rings. The van der Waals surface area contributed by atoms with Crippen LogP contribution >= 0.6 is 0 Å². The third kappa shape index (κ3) is 5.62. The third-order valence-electron chi connectivity index (χ3n) is 6.27. The van der Waals surface area contributed by atoms with Crippen LogP contribution in [0.1, 0.15) is 53.4 Å². The molecule has 4 rings (SSSR count). The molecular formula is C30H32N2O3. The van der Waals surface area contributed by atoms with Gasteiger partial charge in [0.15, 0.2) is 0 Å². The molecule has 0 saturated heterocycles. The Kier molecular flexibility index (Phi) is 6.79. The van der Waals surface area contributed by atoms with Gasteiger partial charge in [0, 0.05) is 23.7 Å². The Morgan fingerprint density at radius 1 is 0.914 bits per heavy atom. The van der Waals surface area contributed by atoms with Crippen LogP contribution in [-0.2, 0) is 18.5 Å². The van der Waals surface area contributed by atoms with Gasteiger partial charge in [0.05, 0.1) is 19.2 Å². The highest BCUT2D eigenvalue weighted by Crippen LogP contribution is 2.24. The van der Waals surface area contributed by atoms with Gasteiger partial charge in [0.1, 0.15) is 5.75 Å². The van der Waals surface area contributed by atoms with Crippen molar-refractivity contribution in [3.8, 4) is 5.75 Å². The number of hydrogen-bond donors (Lipinski definition) is 1. The number of amides is 1.